The molecule has 0 unspecified atom stereocenters. The van der Waals surface area contributed by atoms with E-state index in [1.54, 1.807) is 6.20 Å². The summed E-state index contributed by atoms with van der Waals surface area (Å²) in [6.07, 6.45) is 3.66. The lowest BCUT2D eigenvalue weighted by atomic mass is 9.84. The van der Waals surface area contributed by atoms with E-state index >= 15 is 0 Å². The maximum atomic E-state index is 12.0. The number of phenolic OH excluding ortho intramolecular Hbond substituents is 1. The third kappa shape index (κ3) is 4.35. The van der Waals surface area contributed by atoms with Crippen molar-refractivity contribution < 1.29 is 5.11 Å². The molecule has 0 radical (unpaired) electrons. The molecule has 0 spiro atoms. The second-order valence-electron chi connectivity index (χ2n) is 13.5. The van der Waals surface area contributed by atoms with Gasteiger partial charge in [-0.15, -0.1) is 0 Å². The van der Waals surface area contributed by atoms with Crippen molar-refractivity contribution >= 4 is 38.1 Å². The molecule has 9 aromatic rings. The number of phenols is 1. The Kier molecular flexibility index (Phi) is 6.15. The predicted molar refractivity (Wildman–Crippen MR) is 197 cm³/mol. The molecule has 0 aliphatic rings. The van der Waals surface area contributed by atoms with E-state index in [0.717, 1.165) is 71.7 Å². The molecular formula is C43H32N4O. The van der Waals surface area contributed by atoms with Gasteiger partial charge in [0.1, 0.15) is 5.75 Å². The van der Waals surface area contributed by atoms with Crippen LogP contribution in [0.2, 0.25) is 0 Å². The smallest absolute Gasteiger partial charge is 0.163 e. The van der Waals surface area contributed by atoms with Gasteiger partial charge in [0.25, 0.3) is 0 Å². The minimum absolute atomic E-state index is 0.104. The topological polar surface area (TPSA) is 63.3 Å². The normalized spacial score (nSPS) is 12.1. The lowest BCUT2D eigenvalue weighted by molar-refractivity contribution is 0.483. The van der Waals surface area contributed by atoms with Gasteiger partial charge in [0, 0.05) is 39.7 Å². The van der Waals surface area contributed by atoms with Gasteiger partial charge in [0.15, 0.2) is 5.82 Å². The Morgan fingerprint density at radius 1 is 0.562 bits per heavy atom. The summed E-state index contributed by atoms with van der Waals surface area (Å²) in [5, 5.41) is 16.0. The number of hydrogen-bond donors (Lipinski definition) is 1. The van der Waals surface area contributed by atoms with Crippen LogP contribution in [0.3, 0.4) is 0 Å². The fourth-order valence-electron chi connectivity index (χ4n) is 7.08. The Morgan fingerprint density at radius 3 is 2.00 bits per heavy atom. The van der Waals surface area contributed by atoms with Gasteiger partial charge in [0.05, 0.1) is 38.9 Å². The van der Waals surface area contributed by atoms with E-state index in [4.69, 9.17) is 15.0 Å². The third-order valence-corrected chi connectivity index (χ3v) is 9.50. The molecule has 0 fully saturated rings. The van der Waals surface area contributed by atoms with E-state index in [-0.39, 0.29) is 11.2 Å². The Morgan fingerprint density at radius 2 is 1.23 bits per heavy atom. The average molecular weight is 621 g/mol. The monoisotopic (exact) mass is 620 g/mol. The highest BCUT2D eigenvalue weighted by Crippen LogP contribution is 2.47. The highest BCUT2D eigenvalue weighted by molar-refractivity contribution is 6.26. The first-order valence-electron chi connectivity index (χ1n) is 16.3. The average Bonchev–Trinajstić information content (AvgIpc) is 3.64. The summed E-state index contributed by atoms with van der Waals surface area (Å²) in [5.74, 6) is 0.677. The van der Waals surface area contributed by atoms with Crippen molar-refractivity contribution in [3.05, 3.63) is 139 Å². The molecule has 1 N–H and O–H groups in total. The molecule has 0 amide bonds. The van der Waals surface area contributed by atoms with E-state index in [9.17, 15) is 5.11 Å². The van der Waals surface area contributed by atoms with Gasteiger partial charge < -0.3 is 9.51 Å². The first-order chi connectivity index (χ1) is 23.3. The summed E-state index contributed by atoms with van der Waals surface area (Å²) in [6, 6.07) is 41.8. The summed E-state index contributed by atoms with van der Waals surface area (Å²) in [4.78, 5) is 14.6. The molecule has 0 saturated carbocycles. The quantitative estimate of drug-likeness (QED) is 0.213. The molecule has 0 bridgehead atoms. The van der Waals surface area contributed by atoms with Gasteiger partial charge in [-0.05, 0) is 76.7 Å². The molecule has 0 aliphatic carbocycles. The highest BCUT2D eigenvalue weighted by Gasteiger charge is 2.24. The molecule has 5 nitrogen and oxygen atoms in total. The first-order valence-corrected chi connectivity index (χ1v) is 16.3. The standard InChI is InChI=1S/C43H32N4O/c1-43(2,3)30-22-28(21-29(23-30)36-24-27(17-19-44-36)26-11-5-4-6-12-26)35-18-20-45-42(46-35)34-25-33-31-13-7-9-15-37(31)47-38-16-10-8-14-32(38)39(40(33)47)41(34)48/h4-25,48H,1-3H3. The molecule has 230 valence electrons. The van der Waals surface area contributed by atoms with Crippen LogP contribution < -0.4 is 0 Å². The Hall–Kier alpha value is -6.07. The van der Waals surface area contributed by atoms with Gasteiger partial charge in [-0.1, -0.05) is 87.5 Å². The van der Waals surface area contributed by atoms with Crippen molar-refractivity contribution in [2.24, 2.45) is 0 Å². The van der Waals surface area contributed by atoms with Crippen LogP contribution in [-0.4, -0.2) is 24.5 Å². The van der Waals surface area contributed by atoms with Crippen LogP contribution in [0, 0.1) is 0 Å². The highest BCUT2D eigenvalue weighted by atomic mass is 16.3. The Balaban J connectivity index is 1.23. The summed E-state index contributed by atoms with van der Waals surface area (Å²) < 4.78 is 2.26. The number of benzene rings is 5. The number of para-hydroxylation sites is 2. The predicted octanol–water partition coefficient (Wildman–Crippen LogP) is 10.7. The Labute approximate surface area is 278 Å². The van der Waals surface area contributed by atoms with Crippen molar-refractivity contribution in [3.8, 4) is 50.8 Å². The van der Waals surface area contributed by atoms with Crippen molar-refractivity contribution in [1.29, 1.82) is 0 Å². The molecule has 4 heterocycles. The van der Waals surface area contributed by atoms with Gasteiger partial charge >= 0.3 is 0 Å². The molecule has 0 aliphatic heterocycles. The number of aromatic nitrogens is 4. The summed E-state index contributed by atoms with van der Waals surface area (Å²) in [5.41, 5.74) is 10.8. The van der Waals surface area contributed by atoms with Crippen molar-refractivity contribution in [1.82, 2.24) is 19.4 Å². The molecule has 9 rings (SSSR count). The minimum Gasteiger partial charge on any atom is -0.506 e. The minimum atomic E-state index is -0.104. The number of fused-ring (bicyclic) bond motifs is 6. The lowest BCUT2D eigenvalue weighted by Gasteiger charge is -2.21. The van der Waals surface area contributed by atoms with Crippen LogP contribution in [0.25, 0.3) is 83.1 Å². The van der Waals surface area contributed by atoms with Gasteiger partial charge in [0.2, 0.25) is 0 Å². The molecule has 0 saturated heterocycles. The molecule has 4 aromatic heterocycles. The second-order valence-corrected chi connectivity index (χ2v) is 13.5. The zero-order valence-corrected chi connectivity index (χ0v) is 26.9. The number of aromatic hydroxyl groups is 1. The number of rotatable bonds is 4. The summed E-state index contributed by atoms with van der Waals surface area (Å²) >= 11 is 0. The molecule has 0 atom stereocenters. The maximum Gasteiger partial charge on any atom is 0.163 e. The van der Waals surface area contributed by atoms with Crippen LogP contribution in [-0.2, 0) is 5.41 Å². The zero-order valence-electron chi connectivity index (χ0n) is 26.9. The van der Waals surface area contributed by atoms with E-state index < -0.39 is 0 Å². The summed E-state index contributed by atoms with van der Waals surface area (Å²) in [7, 11) is 0. The number of nitrogens with zero attached hydrogens (tertiary/aromatic N) is 4. The van der Waals surface area contributed by atoms with Gasteiger partial charge in [-0.25, -0.2) is 9.97 Å². The van der Waals surface area contributed by atoms with E-state index in [1.807, 2.05) is 36.5 Å². The molecule has 5 aromatic carbocycles. The number of hydrogen-bond acceptors (Lipinski definition) is 4. The second kappa shape index (κ2) is 10.5. The lowest BCUT2D eigenvalue weighted by Crippen LogP contribution is -2.11. The number of pyridine rings is 1. The van der Waals surface area contributed by atoms with Crippen molar-refractivity contribution in [2.45, 2.75) is 26.2 Å². The SMILES string of the molecule is CC(C)(C)c1cc(-c2cc(-c3ccccc3)ccn2)cc(-c2ccnc(-c3cc4c5ccccc5n5c6ccccc6c(c3O)c45)n2)c1. The van der Waals surface area contributed by atoms with E-state index in [0.29, 0.717) is 11.4 Å². The van der Waals surface area contributed by atoms with Crippen molar-refractivity contribution in [2.75, 3.05) is 0 Å². The molecular weight excluding hydrogens is 589 g/mol. The summed E-state index contributed by atoms with van der Waals surface area (Å²) in [6.45, 7) is 6.67. The largest absolute Gasteiger partial charge is 0.506 e. The fraction of sp³-hybridized carbons (Fsp3) is 0.0930. The van der Waals surface area contributed by atoms with Crippen LogP contribution in [0.5, 0.6) is 5.75 Å². The van der Waals surface area contributed by atoms with E-state index in [1.165, 1.54) is 5.56 Å². The molecule has 48 heavy (non-hydrogen) atoms. The van der Waals surface area contributed by atoms with Gasteiger partial charge in [-0.3, -0.25) is 4.98 Å². The fourth-order valence-corrected chi connectivity index (χ4v) is 7.08. The maximum absolute atomic E-state index is 12.0. The van der Waals surface area contributed by atoms with Crippen molar-refractivity contribution in [3.63, 3.8) is 0 Å². The third-order valence-electron chi connectivity index (χ3n) is 9.50. The van der Waals surface area contributed by atoms with Gasteiger partial charge in [-0.2, -0.15) is 0 Å². The van der Waals surface area contributed by atoms with Crippen LogP contribution in [0.4, 0.5) is 0 Å². The van der Waals surface area contributed by atoms with Crippen LogP contribution in [0.1, 0.15) is 26.3 Å². The van der Waals surface area contributed by atoms with E-state index in [2.05, 4.69) is 116 Å². The van der Waals surface area contributed by atoms with Crippen LogP contribution >= 0.6 is 0 Å². The zero-order chi connectivity index (χ0) is 32.6. The Bertz CT molecular complexity index is 2670. The molecule has 5 heteroatoms. The van der Waals surface area contributed by atoms with Crippen LogP contribution in [0.15, 0.2) is 134 Å². The first kappa shape index (κ1) is 28.2.